The molecule has 13 heavy (non-hydrogen) atoms. The standard InChI is InChI=1S/C9H11NO3/c1-12-9-4-3-7(5-8(9)11)6-10-13-2/h3-6,11H,1-2H3. The van der Waals surface area contributed by atoms with Gasteiger partial charge in [0.1, 0.15) is 7.11 Å². The van der Waals surface area contributed by atoms with Gasteiger partial charge in [0, 0.05) is 0 Å². The molecule has 0 atom stereocenters. The number of ether oxygens (including phenoxy) is 1. The lowest BCUT2D eigenvalue weighted by atomic mass is 10.2. The molecule has 0 bridgehead atoms. The number of phenols is 1. The van der Waals surface area contributed by atoms with Gasteiger partial charge in [0.2, 0.25) is 0 Å². The summed E-state index contributed by atoms with van der Waals surface area (Å²) in [5.41, 5.74) is 0.750. The maximum atomic E-state index is 9.36. The molecule has 0 radical (unpaired) electrons. The van der Waals surface area contributed by atoms with Crippen molar-refractivity contribution in [2.24, 2.45) is 5.16 Å². The van der Waals surface area contributed by atoms with Crippen LogP contribution in [0.1, 0.15) is 5.56 Å². The quantitative estimate of drug-likeness (QED) is 0.566. The van der Waals surface area contributed by atoms with E-state index in [9.17, 15) is 5.11 Å². The third kappa shape index (κ3) is 2.37. The van der Waals surface area contributed by atoms with E-state index >= 15 is 0 Å². The average Bonchev–Trinajstić information content (AvgIpc) is 2.15. The van der Waals surface area contributed by atoms with Crippen LogP contribution in [0, 0.1) is 0 Å². The summed E-state index contributed by atoms with van der Waals surface area (Å²) in [5, 5.41) is 12.9. The van der Waals surface area contributed by atoms with E-state index in [-0.39, 0.29) is 5.75 Å². The molecule has 0 spiro atoms. The monoisotopic (exact) mass is 181 g/mol. The Bertz CT molecular complexity index is 310. The van der Waals surface area contributed by atoms with E-state index in [4.69, 9.17) is 4.74 Å². The number of hydrogen-bond donors (Lipinski definition) is 1. The Morgan fingerprint density at radius 2 is 2.15 bits per heavy atom. The van der Waals surface area contributed by atoms with Crippen LogP contribution in [0.4, 0.5) is 0 Å². The molecule has 70 valence electrons. The molecular weight excluding hydrogens is 170 g/mol. The second-order valence-electron chi connectivity index (χ2n) is 2.35. The molecule has 1 N–H and O–H groups in total. The first-order valence-electron chi connectivity index (χ1n) is 3.71. The first kappa shape index (κ1) is 9.38. The summed E-state index contributed by atoms with van der Waals surface area (Å²) >= 11 is 0. The lowest BCUT2D eigenvalue weighted by Gasteiger charge is -2.02. The molecule has 0 heterocycles. The lowest BCUT2D eigenvalue weighted by Crippen LogP contribution is -1.86. The normalized spacial score (nSPS) is 10.3. The smallest absolute Gasteiger partial charge is 0.160 e. The van der Waals surface area contributed by atoms with Crippen LogP contribution in [-0.2, 0) is 4.84 Å². The van der Waals surface area contributed by atoms with Gasteiger partial charge in [-0.3, -0.25) is 0 Å². The van der Waals surface area contributed by atoms with Gasteiger partial charge in [-0.15, -0.1) is 0 Å². The molecule has 0 amide bonds. The highest BCUT2D eigenvalue weighted by atomic mass is 16.6. The Morgan fingerprint density at radius 1 is 1.38 bits per heavy atom. The van der Waals surface area contributed by atoms with Crippen molar-refractivity contribution in [1.82, 2.24) is 0 Å². The van der Waals surface area contributed by atoms with E-state index in [0.717, 1.165) is 5.56 Å². The Kier molecular flexibility index (Phi) is 3.14. The predicted octanol–water partition coefficient (Wildman–Crippen LogP) is 1.38. The molecule has 1 aromatic carbocycles. The fraction of sp³-hybridized carbons (Fsp3) is 0.222. The molecule has 1 rings (SSSR count). The SMILES string of the molecule is CON=Cc1ccc(OC)c(O)c1. The Labute approximate surface area is 76.4 Å². The van der Waals surface area contributed by atoms with E-state index in [1.807, 2.05) is 0 Å². The van der Waals surface area contributed by atoms with Gasteiger partial charge in [-0.2, -0.15) is 0 Å². The molecule has 0 aliphatic rings. The summed E-state index contributed by atoms with van der Waals surface area (Å²) in [5.74, 6) is 0.525. The van der Waals surface area contributed by atoms with Crippen molar-refractivity contribution in [3.63, 3.8) is 0 Å². The molecular formula is C9H11NO3. The van der Waals surface area contributed by atoms with E-state index in [0.29, 0.717) is 5.75 Å². The molecule has 0 fully saturated rings. The molecule has 0 unspecified atom stereocenters. The van der Waals surface area contributed by atoms with Crippen LogP contribution in [0.2, 0.25) is 0 Å². The van der Waals surface area contributed by atoms with Gasteiger partial charge in [0.25, 0.3) is 0 Å². The van der Waals surface area contributed by atoms with Gasteiger partial charge in [-0.25, -0.2) is 0 Å². The molecule has 4 nitrogen and oxygen atoms in total. The minimum atomic E-state index is 0.0857. The van der Waals surface area contributed by atoms with Crippen molar-refractivity contribution >= 4 is 6.21 Å². The Balaban J connectivity index is 2.89. The zero-order chi connectivity index (χ0) is 9.68. The fourth-order valence-corrected chi connectivity index (χ4v) is 0.901. The Hall–Kier alpha value is -1.71. The summed E-state index contributed by atoms with van der Waals surface area (Å²) < 4.78 is 4.88. The molecule has 0 aliphatic heterocycles. The molecule has 0 aromatic heterocycles. The zero-order valence-electron chi connectivity index (χ0n) is 7.52. The number of hydrogen-bond acceptors (Lipinski definition) is 4. The number of rotatable bonds is 3. The summed E-state index contributed by atoms with van der Waals surface area (Å²) in [7, 11) is 2.96. The number of phenolic OH excluding ortho intramolecular Hbond substituents is 1. The first-order chi connectivity index (χ1) is 6.27. The second-order valence-corrected chi connectivity index (χ2v) is 2.35. The highest BCUT2D eigenvalue weighted by molar-refractivity contribution is 5.80. The second kappa shape index (κ2) is 4.35. The fourth-order valence-electron chi connectivity index (χ4n) is 0.901. The average molecular weight is 181 g/mol. The van der Waals surface area contributed by atoms with Crippen LogP contribution in [0.15, 0.2) is 23.4 Å². The minimum absolute atomic E-state index is 0.0857. The number of benzene rings is 1. The van der Waals surface area contributed by atoms with Crippen molar-refractivity contribution in [3.8, 4) is 11.5 Å². The summed E-state index contributed by atoms with van der Waals surface area (Å²) in [6.07, 6.45) is 1.50. The summed E-state index contributed by atoms with van der Waals surface area (Å²) in [6.45, 7) is 0. The van der Waals surface area contributed by atoms with Crippen molar-refractivity contribution in [1.29, 1.82) is 0 Å². The van der Waals surface area contributed by atoms with Crippen LogP contribution in [-0.4, -0.2) is 25.5 Å². The van der Waals surface area contributed by atoms with Crippen LogP contribution >= 0.6 is 0 Å². The molecule has 4 heteroatoms. The highest BCUT2D eigenvalue weighted by Gasteiger charge is 2.00. The van der Waals surface area contributed by atoms with Gasteiger partial charge >= 0.3 is 0 Å². The van der Waals surface area contributed by atoms with Crippen LogP contribution in [0.5, 0.6) is 11.5 Å². The predicted molar refractivity (Wildman–Crippen MR) is 49.3 cm³/mol. The third-order valence-electron chi connectivity index (χ3n) is 1.51. The van der Waals surface area contributed by atoms with Crippen molar-refractivity contribution < 1.29 is 14.7 Å². The molecule has 0 aliphatic carbocycles. The maximum Gasteiger partial charge on any atom is 0.160 e. The van der Waals surface area contributed by atoms with E-state index in [1.54, 1.807) is 18.2 Å². The van der Waals surface area contributed by atoms with E-state index in [2.05, 4.69) is 9.99 Å². The van der Waals surface area contributed by atoms with Gasteiger partial charge < -0.3 is 14.7 Å². The van der Waals surface area contributed by atoms with Crippen LogP contribution in [0.25, 0.3) is 0 Å². The third-order valence-corrected chi connectivity index (χ3v) is 1.51. The van der Waals surface area contributed by atoms with Crippen molar-refractivity contribution in [2.45, 2.75) is 0 Å². The van der Waals surface area contributed by atoms with Crippen molar-refractivity contribution in [2.75, 3.05) is 14.2 Å². The van der Waals surface area contributed by atoms with Gasteiger partial charge in [0.15, 0.2) is 11.5 Å². The van der Waals surface area contributed by atoms with Gasteiger partial charge in [-0.05, 0) is 23.8 Å². The van der Waals surface area contributed by atoms with Crippen molar-refractivity contribution in [3.05, 3.63) is 23.8 Å². The van der Waals surface area contributed by atoms with E-state index in [1.165, 1.54) is 20.4 Å². The molecule has 0 saturated heterocycles. The van der Waals surface area contributed by atoms with Crippen LogP contribution in [0.3, 0.4) is 0 Å². The summed E-state index contributed by atoms with van der Waals surface area (Å²) in [6, 6.07) is 4.97. The topological polar surface area (TPSA) is 51.0 Å². The maximum absolute atomic E-state index is 9.36. The number of aromatic hydroxyl groups is 1. The number of methoxy groups -OCH3 is 1. The van der Waals surface area contributed by atoms with Gasteiger partial charge in [-0.1, -0.05) is 5.16 Å². The number of oxime groups is 1. The zero-order valence-corrected chi connectivity index (χ0v) is 7.52. The Morgan fingerprint density at radius 3 is 2.69 bits per heavy atom. The largest absolute Gasteiger partial charge is 0.504 e. The minimum Gasteiger partial charge on any atom is -0.504 e. The molecule has 1 aromatic rings. The lowest BCUT2D eigenvalue weighted by molar-refractivity contribution is 0.215. The number of nitrogens with zero attached hydrogens (tertiary/aromatic N) is 1. The van der Waals surface area contributed by atoms with Gasteiger partial charge in [0.05, 0.1) is 13.3 Å². The summed E-state index contributed by atoms with van der Waals surface area (Å²) in [4.78, 5) is 4.50. The molecule has 0 saturated carbocycles. The van der Waals surface area contributed by atoms with Crippen LogP contribution < -0.4 is 4.74 Å². The van der Waals surface area contributed by atoms with E-state index < -0.39 is 0 Å². The first-order valence-corrected chi connectivity index (χ1v) is 3.71. The highest BCUT2D eigenvalue weighted by Crippen LogP contribution is 2.25.